The summed E-state index contributed by atoms with van der Waals surface area (Å²) in [6.45, 7) is 3.16. The van der Waals surface area contributed by atoms with Gasteiger partial charge in [-0.2, -0.15) is 0 Å². The molecule has 92 valence electrons. The number of nitrogens with one attached hydrogen (secondary N) is 2. The monoisotopic (exact) mass is 243 g/mol. The summed E-state index contributed by atoms with van der Waals surface area (Å²) in [5.74, 6) is 0.208. The highest BCUT2D eigenvalue weighted by molar-refractivity contribution is 7.96. The summed E-state index contributed by atoms with van der Waals surface area (Å²) < 4.78 is 2.36. The lowest BCUT2D eigenvalue weighted by Crippen LogP contribution is -2.48. The van der Waals surface area contributed by atoms with Gasteiger partial charge in [0.25, 0.3) is 0 Å². The van der Waals surface area contributed by atoms with Gasteiger partial charge < -0.3 is 10.6 Å². The van der Waals surface area contributed by atoms with E-state index < -0.39 is 0 Å². The highest BCUT2D eigenvalue weighted by atomic mass is 32.2. The second kappa shape index (κ2) is 5.89. The summed E-state index contributed by atoms with van der Waals surface area (Å²) >= 11 is 1.80. The average molecular weight is 243 g/mol. The molecule has 16 heavy (non-hydrogen) atoms. The lowest BCUT2D eigenvalue weighted by Gasteiger charge is -2.31. The average Bonchev–Trinajstić information content (AvgIpc) is 2.83. The van der Waals surface area contributed by atoms with Crippen molar-refractivity contribution < 1.29 is 4.79 Å². The van der Waals surface area contributed by atoms with Crippen LogP contribution in [0.3, 0.4) is 0 Å². The zero-order valence-electron chi connectivity index (χ0n) is 9.87. The predicted molar refractivity (Wildman–Crippen MR) is 67.3 cm³/mol. The van der Waals surface area contributed by atoms with Crippen molar-refractivity contribution in [2.45, 2.75) is 37.8 Å². The molecular formula is C11H21N3OS. The first-order valence-corrected chi connectivity index (χ1v) is 7.30. The van der Waals surface area contributed by atoms with Crippen molar-refractivity contribution in [3.63, 3.8) is 0 Å². The van der Waals surface area contributed by atoms with Crippen LogP contribution in [0.2, 0.25) is 0 Å². The van der Waals surface area contributed by atoms with Crippen molar-refractivity contribution in [2.24, 2.45) is 0 Å². The zero-order chi connectivity index (χ0) is 11.4. The van der Waals surface area contributed by atoms with Crippen molar-refractivity contribution in [1.29, 1.82) is 0 Å². The van der Waals surface area contributed by atoms with E-state index in [9.17, 15) is 4.79 Å². The van der Waals surface area contributed by atoms with Gasteiger partial charge in [-0.05, 0) is 38.5 Å². The molecule has 2 aliphatic heterocycles. The summed E-state index contributed by atoms with van der Waals surface area (Å²) in [5, 5.41) is 6.41. The van der Waals surface area contributed by atoms with E-state index in [0.29, 0.717) is 6.04 Å². The molecule has 0 saturated carbocycles. The largest absolute Gasteiger partial charge is 0.352 e. The molecule has 0 spiro atoms. The Morgan fingerprint density at radius 1 is 1.38 bits per heavy atom. The van der Waals surface area contributed by atoms with E-state index in [1.807, 2.05) is 0 Å². The Bertz CT molecular complexity index is 235. The molecule has 2 N–H and O–H groups in total. The quantitative estimate of drug-likeness (QED) is 0.712. The molecule has 1 amide bonds. The van der Waals surface area contributed by atoms with Crippen LogP contribution in [0.15, 0.2) is 0 Å². The molecule has 0 aliphatic carbocycles. The van der Waals surface area contributed by atoms with Crippen LogP contribution >= 0.6 is 11.9 Å². The normalized spacial score (nSPS) is 28.2. The van der Waals surface area contributed by atoms with Crippen LogP contribution in [0, 0.1) is 0 Å². The van der Waals surface area contributed by atoms with Crippen LogP contribution in [0.5, 0.6) is 0 Å². The van der Waals surface area contributed by atoms with Crippen LogP contribution in [0.4, 0.5) is 0 Å². The summed E-state index contributed by atoms with van der Waals surface area (Å²) in [6, 6.07) is 0.455. The van der Waals surface area contributed by atoms with Gasteiger partial charge in [-0.1, -0.05) is 11.9 Å². The molecule has 0 aromatic rings. The van der Waals surface area contributed by atoms with Gasteiger partial charge in [0.05, 0.1) is 6.04 Å². The van der Waals surface area contributed by atoms with Gasteiger partial charge in [-0.3, -0.25) is 9.10 Å². The van der Waals surface area contributed by atoms with Crippen LogP contribution in [0.1, 0.15) is 25.7 Å². The number of carbonyl (C=O) groups is 1. The zero-order valence-corrected chi connectivity index (χ0v) is 10.7. The molecule has 0 aromatic carbocycles. The number of nitrogens with zero attached hydrogens (tertiary/aromatic N) is 1. The van der Waals surface area contributed by atoms with E-state index in [1.165, 1.54) is 0 Å². The Balaban J connectivity index is 1.71. The number of rotatable bonds is 3. The van der Waals surface area contributed by atoms with Crippen molar-refractivity contribution in [3.05, 3.63) is 0 Å². The molecule has 2 fully saturated rings. The van der Waals surface area contributed by atoms with Gasteiger partial charge in [0, 0.05) is 19.1 Å². The first-order valence-electron chi connectivity index (χ1n) is 6.12. The molecule has 0 radical (unpaired) electrons. The van der Waals surface area contributed by atoms with Gasteiger partial charge >= 0.3 is 0 Å². The van der Waals surface area contributed by atoms with E-state index in [4.69, 9.17) is 0 Å². The van der Waals surface area contributed by atoms with Gasteiger partial charge in [0.1, 0.15) is 0 Å². The van der Waals surface area contributed by atoms with E-state index in [-0.39, 0.29) is 11.9 Å². The van der Waals surface area contributed by atoms with Crippen molar-refractivity contribution in [3.8, 4) is 0 Å². The standard InChI is InChI=1S/C11H21N3OS/c1-16-14-7-4-9(5-8-14)13-11(15)10-3-2-6-12-10/h9-10,12H,2-8H2,1H3,(H,13,15). The van der Waals surface area contributed by atoms with Crippen molar-refractivity contribution >= 4 is 17.9 Å². The summed E-state index contributed by atoms with van der Waals surface area (Å²) in [5.41, 5.74) is 0. The lowest BCUT2D eigenvalue weighted by molar-refractivity contribution is -0.123. The summed E-state index contributed by atoms with van der Waals surface area (Å²) in [7, 11) is 0. The first-order chi connectivity index (χ1) is 7.79. The Morgan fingerprint density at radius 3 is 2.69 bits per heavy atom. The van der Waals surface area contributed by atoms with Gasteiger partial charge in [0.15, 0.2) is 0 Å². The van der Waals surface area contributed by atoms with E-state index >= 15 is 0 Å². The number of carbonyl (C=O) groups excluding carboxylic acids is 1. The van der Waals surface area contributed by atoms with Crippen LogP contribution < -0.4 is 10.6 Å². The van der Waals surface area contributed by atoms with E-state index in [0.717, 1.165) is 45.3 Å². The molecule has 0 bridgehead atoms. The third-order valence-electron chi connectivity index (χ3n) is 3.44. The first kappa shape index (κ1) is 12.2. The van der Waals surface area contributed by atoms with Gasteiger partial charge in [0.2, 0.25) is 5.91 Å². The molecule has 5 heteroatoms. The fourth-order valence-corrected chi connectivity index (χ4v) is 2.97. The van der Waals surface area contributed by atoms with Crippen LogP contribution in [-0.4, -0.2) is 48.2 Å². The SMILES string of the molecule is CSN1CCC(NC(=O)C2CCCN2)CC1. The Kier molecular flexibility index (Phi) is 4.49. The molecule has 2 heterocycles. The molecular weight excluding hydrogens is 222 g/mol. The predicted octanol–water partition coefficient (Wildman–Crippen LogP) is 0.597. The third kappa shape index (κ3) is 3.12. The molecule has 1 unspecified atom stereocenters. The minimum Gasteiger partial charge on any atom is -0.352 e. The van der Waals surface area contributed by atoms with Crippen molar-refractivity contribution in [2.75, 3.05) is 25.9 Å². The summed E-state index contributed by atoms with van der Waals surface area (Å²) in [6.07, 6.45) is 6.40. The third-order valence-corrected chi connectivity index (χ3v) is 4.32. The smallest absolute Gasteiger partial charge is 0.237 e. The topological polar surface area (TPSA) is 44.4 Å². The maximum Gasteiger partial charge on any atom is 0.237 e. The second-order valence-electron chi connectivity index (χ2n) is 4.54. The number of amides is 1. The second-order valence-corrected chi connectivity index (χ2v) is 5.42. The molecule has 4 nitrogen and oxygen atoms in total. The minimum atomic E-state index is 0.0681. The van der Waals surface area contributed by atoms with Crippen molar-refractivity contribution in [1.82, 2.24) is 14.9 Å². The van der Waals surface area contributed by atoms with Gasteiger partial charge in [-0.25, -0.2) is 0 Å². The minimum absolute atomic E-state index is 0.0681. The number of hydrogen-bond acceptors (Lipinski definition) is 4. The van der Waals surface area contributed by atoms with E-state index in [2.05, 4.69) is 21.2 Å². The molecule has 2 rings (SSSR count). The van der Waals surface area contributed by atoms with Crippen LogP contribution in [-0.2, 0) is 4.79 Å². The number of piperidine rings is 1. The molecule has 1 atom stereocenters. The lowest BCUT2D eigenvalue weighted by atomic mass is 10.1. The highest BCUT2D eigenvalue weighted by Crippen LogP contribution is 2.16. The summed E-state index contributed by atoms with van der Waals surface area (Å²) in [4.78, 5) is 11.9. The Morgan fingerprint density at radius 2 is 2.12 bits per heavy atom. The maximum absolute atomic E-state index is 11.9. The maximum atomic E-state index is 11.9. The Labute approximate surface area is 102 Å². The fourth-order valence-electron chi connectivity index (χ4n) is 2.39. The van der Waals surface area contributed by atoms with E-state index in [1.54, 1.807) is 11.9 Å². The Hall–Kier alpha value is -0.260. The van der Waals surface area contributed by atoms with Gasteiger partial charge in [-0.15, -0.1) is 0 Å². The number of hydrogen-bond donors (Lipinski definition) is 2. The fraction of sp³-hybridized carbons (Fsp3) is 0.909. The van der Waals surface area contributed by atoms with Crippen LogP contribution in [0.25, 0.3) is 0 Å². The molecule has 0 aromatic heterocycles. The molecule has 2 saturated heterocycles. The highest BCUT2D eigenvalue weighted by Gasteiger charge is 2.26. The molecule has 2 aliphatic rings.